The van der Waals surface area contributed by atoms with Gasteiger partial charge >= 0.3 is 12.1 Å². The molecule has 1 amide bonds. The van der Waals surface area contributed by atoms with Crippen LogP contribution in [0.2, 0.25) is 0 Å². The van der Waals surface area contributed by atoms with Crippen molar-refractivity contribution >= 4 is 18.1 Å². The number of rotatable bonds is 7. The van der Waals surface area contributed by atoms with Gasteiger partial charge in [0.25, 0.3) is 0 Å². The van der Waals surface area contributed by atoms with Crippen molar-refractivity contribution in [3.8, 4) is 0 Å². The molecule has 0 aliphatic carbocycles. The zero-order valence-corrected chi connectivity index (χ0v) is 13.2. The van der Waals surface area contributed by atoms with Gasteiger partial charge in [-0.25, -0.2) is 4.79 Å². The summed E-state index contributed by atoms with van der Waals surface area (Å²) in [5.41, 5.74) is 1.90. The number of nitrogens with one attached hydrogen (secondary N) is 1. The molecule has 0 atom stereocenters. The van der Waals surface area contributed by atoms with E-state index in [0.29, 0.717) is 0 Å². The summed E-state index contributed by atoms with van der Waals surface area (Å²) in [6.45, 7) is 0.0722. The average Bonchev–Trinajstić information content (AvgIpc) is 2.63. The van der Waals surface area contributed by atoms with Crippen LogP contribution in [-0.4, -0.2) is 25.2 Å². The fourth-order valence-electron chi connectivity index (χ4n) is 1.86. The standard InChI is InChI=1S/C19H19NO4/c21-18(23-13-7-12-16-8-3-1-4-9-16)14-20-19(22)24-15-17-10-5-2-6-11-17/h1-12H,13-15H2,(H,20,22)/b12-7+. The van der Waals surface area contributed by atoms with Crippen molar-refractivity contribution in [2.24, 2.45) is 0 Å². The van der Waals surface area contributed by atoms with E-state index < -0.39 is 12.1 Å². The Morgan fingerprint density at radius 3 is 2.29 bits per heavy atom. The summed E-state index contributed by atoms with van der Waals surface area (Å²) in [5.74, 6) is -0.524. The van der Waals surface area contributed by atoms with E-state index in [1.807, 2.05) is 66.7 Å². The number of carbonyl (C=O) groups is 2. The molecule has 5 nitrogen and oxygen atoms in total. The van der Waals surface area contributed by atoms with Crippen LogP contribution in [-0.2, 0) is 20.9 Å². The second-order valence-electron chi connectivity index (χ2n) is 4.91. The van der Waals surface area contributed by atoms with Gasteiger partial charge in [0.05, 0.1) is 0 Å². The Bertz CT molecular complexity index is 668. The molecule has 1 N–H and O–H groups in total. The second kappa shape index (κ2) is 9.84. The van der Waals surface area contributed by atoms with Crippen molar-refractivity contribution in [3.05, 3.63) is 77.9 Å². The maximum atomic E-state index is 11.5. The van der Waals surface area contributed by atoms with E-state index in [4.69, 9.17) is 9.47 Å². The molecule has 2 aromatic carbocycles. The summed E-state index contributed by atoms with van der Waals surface area (Å²) in [4.78, 5) is 23.0. The predicted octanol–water partition coefficient (Wildman–Crippen LogP) is 3.17. The van der Waals surface area contributed by atoms with Crippen LogP contribution in [0.3, 0.4) is 0 Å². The minimum Gasteiger partial charge on any atom is -0.460 e. The van der Waals surface area contributed by atoms with Gasteiger partial charge in [-0.2, -0.15) is 0 Å². The molecule has 0 heterocycles. The van der Waals surface area contributed by atoms with E-state index in [0.717, 1.165) is 11.1 Å². The normalized spacial score (nSPS) is 10.3. The maximum Gasteiger partial charge on any atom is 0.407 e. The summed E-state index contributed by atoms with van der Waals surface area (Å²) >= 11 is 0. The van der Waals surface area contributed by atoms with Crippen molar-refractivity contribution in [1.29, 1.82) is 0 Å². The lowest BCUT2D eigenvalue weighted by Gasteiger charge is -2.06. The van der Waals surface area contributed by atoms with Crippen LogP contribution in [0.4, 0.5) is 4.79 Å². The molecule has 0 saturated carbocycles. The number of amides is 1. The highest BCUT2D eigenvalue weighted by Gasteiger charge is 2.06. The molecule has 0 spiro atoms. The molecule has 2 aromatic rings. The maximum absolute atomic E-state index is 11.5. The van der Waals surface area contributed by atoms with Gasteiger partial charge in [0.2, 0.25) is 0 Å². The fraction of sp³-hybridized carbons (Fsp3) is 0.158. The Balaban J connectivity index is 1.59. The van der Waals surface area contributed by atoms with E-state index >= 15 is 0 Å². The summed E-state index contributed by atoms with van der Waals surface area (Å²) in [5, 5.41) is 2.35. The van der Waals surface area contributed by atoms with Crippen LogP contribution in [0.1, 0.15) is 11.1 Å². The molecule has 0 bridgehead atoms. The van der Waals surface area contributed by atoms with Crippen LogP contribution >= 0.6 is 0 Å². The molecule has 0 aliphatic heterocycles. The van der Waals surface area contributed by atoms with E-state index in [2.05, 4.69) is 5.32 Å². The van der Waals surface area contributed by atoms with E-state index in [-0.39, 0.29) is 19.8 Å². The lowest BCUT2D eigenvalue weighted by molar-refractivity contribution is -0.141. The van der Waals surface area contributed by atoms with Gasteiger partial charge in [0.15, 0.2) is 0 Å². The van der Waals surface area contributed by atoms with E-state index in [9.17, 15) is 9.59 Å². The third kappa shape index (κ3) is 6.79. The first-order valence-corrected chi connectivity index (χ1v) is 7.56. The number of alkyl carbamates (subject to hydrolysis) is 1. The quantitative estimate of drug-likeness (QED) is 0.794. The van der Waals surface area contributed by atoms with Gasteiger partial charge in [-0.15, -0.1) is 0 Å². The molecule has 0 aromatic heterocycles. The minimum atomic E-state index is -0.657. The number of benzene rings is 2. The van der Waals surface area contributed by atoms with Gasteiger partial charge < -0.3 is 14.8 Å². The molecule has 0 unspecified atom stereocenters. The number of esters is 1. The molecule has 0 fully saturated rings. The summed E-state index contributed by atoms with van der Waals surface area (Å²) in [7, 11) is 0. The van der Waals surface area contributed by atoms with Gasteiger partial charge in [0.1, 0.15) is 19.8 Å². The molecule has 0 saturated heterocycles. The molecule has 0 radical (unpaired) electrons. The third-order valence-corrected chi connectivity index (χ3v) is 3.04. The zero-order valence-electron chi connectivity index (χ0n) is 13.2. The van der Waals surface area contributed by atoms with Crippen molar-refractivity contribution < 1.29 is 19.1 Å². The van der Waals surface area contributed by atoms with Gasteiger partial charge in [-0.05, 0) is 17.2 Å². The third-order valence-electron chi connectivity index (χ3n) is 3.04. The number of ether oxygens (including phenoxy) is 2. The van der Waals surface area contributed by atoms with Crippen LogP contribution in [0, 0.1) is 0 Å². The Labute approximate surface area is 140 Å². The Morgan fingerprint density at radius 1 is 0.917 bits per heavy atom. The van der Waals surface area contributed by atoms with Crippen molar-refractivity contribution in [2.75, 3.05) is 13.2 Å². The molecule has 5 heteroatoms. The lowest BCUT2D eigenvalue weighted by atomic mass is 10.2. The Hall–Kier alpha value is -3.08. The highest BCUT2D eigenvalue weighted by molar-refractivity contribution is 5.77. The molecular formula is C19H19NO4. The second-order valence-corrected chi connectivity index (χ2v) is 4.91. The minimum absolute atomic E-state index is 0.147. The summed E-state index contributed by atoms with van der Waals surface area (Å²) < 4.78 is 9.97. The van der Waals surface area contributed by atoms with E-state index in [1.165, 1.54) is 0 Å². The summed E-state index contributed by atoms with van der Waals surface area (Å²) in [6, 6.07) is 19.0. The topological polar surface area (TPSA) is 64.6 Å². The first-order valence-electron chi connectivity index (χ1n) is 7.56. The fourth-order valence-corrected chi connectivity index (χ4v) is 1.86. The molecule has 124 valence electrons. The Morgan fingerprint density at radius 2 is 1.58 bits per heavy atom. The van der Waals surface area contributed by atoms with E-state index in [1.54, 1.807) is 6.08 Å². The number of hydrogen-bond donors (Lipinski definition) is 1. The molecule has 0 aliphatic rings. The molecule has 24 heavy (non-hydrogen) atoms. The van der Waals surface area contributed by atoms with Crippen molar-refractivity contribution in [1.82, 2.24) is 5.32 Å². The number of carbonyl (C=O) groups excluding carboxylic acids is 2. The van der Waals surface area contributed by atoms with Gasteiger partial charge in [-0.3, -0.25) is 4.79 Å². The Kier molecular flexibility index (Phi) is 7.08. The monoisotopic (exact) mass is 325 g/mol. The predicted molar refractivity (Wildman–Crippen MR) is 91.1 cm³/mol. The number of hydrogen-bond acceptors (Lipinski definition) is 4. The van der Waals surface area contributed by atoms with Crippen LogP contribution < -0.4 is 5.32 Å². The van der Waals surface area contributed by atoms with Crippen LogP contribution in [0.25, 0.3) is 6.08 Å². The van der Waals surface area contributed by atoms with Crippen molar-refractivity contribution in [3.63, 3.8) is 0 Å². The van der Waals surface area contributed by atoms with Crippen molar-refractivity contribution in [2.45, 2.75) is 6.61 Å². The highest BCUT2D eigenvalue weighted by atomic mass is 16.6. The smallest absolute Gasteiger partial charge is 0.407 e. The first-order chi connectivity index (χ1) is 11.7. The lowest BCUT2D eigenvalue weighted by Crippen LogP contribution is -2.31. The van der Waals surface area contributed by atoms with Crippen LogP contribution in [0.5, 0.6) is 0 Å². The van der Waals surface area contributed by atoms with Gasteiger partial charge in [0, 0.05) is 0 Å². The molecule has 2 rings (SSSR count). The van der Waals surface area contributed by atoms with Crippen LogP contribution in [0.15, 0.2) is 66.7 Å². The van der Waals surface area contributed by atoms with Gasteiger partial charge in [-0.1, -0.05) is 66.7 Å². The summed E-state index contributed by atoms with van der Waals surface area (Å²) in [6.07, 6.45) is 2.94. The molecular weight excluding hydrogens is 306 g/mol. The highest BCUT2D eigenvalue weighted by Crippen LogP contribution is 2.01. The average molecular weight is 325 g/mol. The largest absolute Gasteiger partial charge is 0.460 e. The zero-order chi connectivity index (χ0) is 17.0. The first kappa shape index (κ1) is 17.3. The SMILES string of the molecule is O=C(CNC(=O)OCc1ccccc1)OC/C=C/c1ccccc1.